The third kappa shape index (κ3) is 3.79. The van der Waals surface area contributed by atoms with Gasteiger partial charge >= 0.3 is 0 Å². The number of aromatic nitrogens is 1. The summed E-state index contributed by atoms with van der Waals surface area (Å²) in [6, 6.07) is 4.53. The lowest BCUT2D eigenvalue weighted by Gasteiger charge is -2.11. The van der Waals surface area contributed by atoms with Crippen molar-refractivity contribution >= 4 is 21.4 Å². The van der Waals surface area contributed by atoms with Gasteiger partial charge in [-0.15, -0.1) is 11.3 Å². The Hall–Kier alpha value is -1.48. The highest BCUT2D eigenvalue weighted by Gasteiger charge is 2.20. The highest BCUT2D eigenvalue weighted by atomic mass is 32.2. The van der Waals surface area contributed by atoms with Crippen molar-refractivity contribution in [3.8, 4) is 5.75 Å². The first kappa shape index (κ1) is 15.9. The standard InChI is InChI=1S/C13H16N2O4S2/c1-9-15-11(8-20-9)6-14-21(17,18)13-5-10(7-16)3-4-12(13)19-2/h3-5,8,14,16H,6-7H2,1-2H3. The van der Waals surface area contributed by atoms with Gasteiger partial charge in [0.15, 0.2) is 0 Å². The zero-order valence-corrected chi connectivity index (χ0v) is 13.3. The van der Waals surface area contributed by atoms with E-state index in [4.69, 9.17) is 9.84 Å². The average molecular weight is 328 g/mol. The van der Waals surface area contributed by atoms with Crippen LogP contribution in [0.4, 0.5) is 0 Å². The minimum Gasteiger partial charge on any atom is -0.495 e. The molecular weight excluding hydrogens is 312 g/mol. The van der Waals surface area contributed by atoms with Crippen LogP contribution in [0.15, 0.2) is 28.5 Å². The number of nitrogens with one attached hydrogen (secondary N) is 1. The van der Waals surface area contributed by atoms with Gasteiger partial charge in [0.2, 0.25) is 10.0 Å². The molecule has 8 heteroatoms. The van der Waals surface area contributed by atoms with Crippen LogP contribution >= 0.6 is 11.3 Å². The fraction of sp³-hybridized carbons (Fsp3) is 0.308. The van der Waals surface area contributed by atoms with E-state index in [1.54, 1.807) is 11.4 Å². The highest BCUT2D eigenvalue weighted by molar-refractivity contribution is 7.89. The van der Waals surface area contributed by atoms with Gasteiger partial charge in [0.1, 0.15) is 10.6 Å². The molecule has 0 aliphatic rings. The molecule has 21 heavy (non-hydrogen) atoms. The van der Waals surface area contributed by atoms with Crippen molar-refractivity contribution in [1.82, 2.24) is 9.71 Å². The van der Waals surface area contributed by atoms with E-state index in [0.717, 1.165) is 5.01 Å². The van der Waals surface area contributed by atoms with Crippen molar-refractivity contribution in [1.29, 1.82) is 0 Å². The molecule has 0 aliphatic heterocycles. The molecule has 0 atom stereocenters. The van der Waals surface area contributed by atoms with Crippen LogP contribution in [0.2, 0.25) is 0 Å². The maximum atomic E-state index is 12.4. The summed E-state index contributed by atoms with van der Waals surface area (Å²) in [4.78, 5) is 4.21. The van der Waals surface area contributed by atoms with Crippen LogP contribution in [-0.2, 0) is 23.2 Å². The first-order valence-electron chi connectivity index (χ1n) is 6.14. The molecule has 0 unspecified atom stereocenters. The molecule has 2 rings (SSSR count). The third-order valence-corrected chi connectivity index (χ3v) is 5.05. The summed E-state index contributed by atoms with van der Waals surface area (Å²) < 4.78 is 32.3. The number of benzene rings is 1. The molecule has 0 spiro atoms. The number of aliphatic hydroxyl groups is 1. The van der Waals surface area contributed by atoms with Gasteiger partial charge in [0.05, 0.1) is 31.0 Å². The number of thiazole rings is 1. The molecule has 0 fully saturated rings. The Morgan fingerprint density at radius 2 is 2.19 bits per heavy atom. The van der Waals surface area contributed by atoms with E-state index in [1.165, 1.54) is 30.6 Å². The van der Waals surface area contributed by atoms with Crippen LogP contribution in [0.5, 0.6) is 5.75 Å². The van der Waals surface area contributed by atoms with Crippen molar-refractivity contribution in [2.24, 2.45) is 0 Å². The summed E-state index contributed by atoms with van der Waals surface area (Å²) in [6.45, 7) is 1.73. The molecule has 0 saturated carbocycles. The predicted octanol–water partition coefficient (Wildman–Crippen LogP) is 1.43. The maximum Gasteiger partial charge on any atom is 0.244 e. The second-order valence-electron chi connectivity index (χ2n) is 4.33. The second-order valence-corrected chi connectivity index (χ2v) is 7.12. The van der Waals surface area contributed by atoms with Crippen LogP contribution in [0.3, 0.4) is 0 Å². The minimum atomic E-state index is -3.75. The van der Waals surface area contributed by atoms with Crippen LogP contribution in [-0.4, -0.2) is 25.6 Å². The second kappa shape index (κ2) is 6.52. The Morgan fingerprint density at radius 3 is 2.76 bits per heavy atom. The topological polar surface area (TPSA) is 88.5 Å². The molecule has 2 aromatic rings. The highest BCUT2D eigenvalue weighted by Crippen LogP contribution is 2.25. The Kier molecular flexibility index (Phi) is 4.94. The van der Waals surface area contributed by atoms with Crippen LogP contribution in [0.1, 0.15) is 16.3 Å². The van der Waals surface area contributed by atoms with E-state index in [1.807, 2.05) is 6.92 Å². The summed E-state index contributed by atoms with van der Waals surface area (Å²) in [6.07, 6.45) is 0. The molecule has 2 N–H and O–H groups in total. The van der Waals surface area contributed by atoms with Gasteiger partial charge < -0.3 is 9.84 Å². The zero-order chi connectivity index (χ0) is 15.5. The van der Waals surface area contributed by atoms with Gasteiger partial charge in [0.25, 0.3) is 0 Å². The number of hydrogen-bond donors (Lipinski definition) is 2. The number of aryl methyl sites for hydroxylation is 1. The fourth-order valence-corrected chi connectivity index (χ4v) is 3.59. The molecule has 114 valence electrons. The van der Waals surface area contributed by atoms with E-state index < -0.39 is 10.0 Å². The number of hydrogen-bond acceptors (Lipinski definition) is 6. The molecule has 1 aromatic carbocycles. The molecular formula is C13H16N2O4S2. The maximum absolute atomic E-state index is 12.4. The van der Waals surface area contributed by atoms with E-state index >= 15 is 0 Å². The Morgan fingerprint density at radius 1 is 1.43 bits per heavy atom. The van der Waals surface area contributed by atoms with Crippen molar-refractivity contribution < 1.29 is 18.3 Å². The lowest BCUT2D eigenvalue weighted by Crippen LogP contribution is -2.24. The minimum absolute atomic E-state index is 0.00324. The predicted molar refractivity (Wildman–Crippen MR) is 79.8 cm³/mol. The number of ether oxygens (including phenoxy) is 1. The van der Waals surface area contributed by atoms with Crippen LogP contribution in [0.25, 0.3) is 0 Å². The van der Waals surface area contributed by atoms with Crippen LogP contribution < -0.4 is 9.46 Å². The number of methoxy groups -OCH3 is 1. The van der Waals surface area contributed by atoms with E-state index in [0.29, 0.717) is 11.3 Å². The first-order chi connectivity index (χ1) is 9.96. The first-order valence-corrected chi connectivity index (χ1v) is 8.51. The third-order valence-electron chi connectivity index (χ3n) is 2.81. The largest absolute Gasteiger partial charge is 0.495 e. The van der Waals surface area contributed by atoms with Crippen molar-refractivity contribution in [3.63, 3.8) is 0 Å². The zero-order valence-electron chi connectivity index (χ0n) is 11.7. The number of sulfonamides is 1. The lowest BCUT2D eigenvalue weighted by molar-refractivity contribution is 0.281. The lowest BCUT2D eigenvalue weighted by atomic mass is 10.2. The Bertz CT molecular complexity index is 726. The average Bonchev–Trinajstić information content (AvgIpc) is 2.90. The van der Waals surface area contributed by atoms with E-state index in [-0.39, 0.29) is 23.8 Å². The molecule has 0 radical (unpaired) electrons. The fourth-order valence-electron chi connectivity index (χ4n) is 1.77. The molecule has 0 saturated heterocycles. The van der Waals surface area contributed by atoms with E-state index in [2.05, 4.69) is 9.71 Å². The van der Waals surface area contributed by atoms with Gasteiger partial charge in [-0.2, -0.15) is 0 Å². The quantitative estimate of drug-likeness (QED) is 0.837. The van der Waals surface area contributed by atoms with Gasteiger partial charge in [-0.25, -0.2) is 18.1 Å². The summed E-state index contributed by atoms with van der Waals surface area (Å²) in [5.74, 6) is 0.231. The smallest absolute Gasteiger partial charge is 0.244 e. The molecule has 0 amide bonds. The van der Waals surface area contributed by atoms with Gasteiger partial charge in [-0.1, -0.05) is 6.07 Å². The molecule has 6 nitrogen and oxygen atoms in total. The van der Waals surface area contributed by atoms with E-state index in [9.17, 15) is 8.42 Å². The summed E-state index contributed by atoms with van der Waals surface area (Å²) in [5.41, 5.74) is 1.17. The van der Waals surface area contributed by atoms with Gasteiger partial charge in [-0.05, 0) is 24.6 Å². The Labute approximate surface area is 127 Å². The van der Waals surface area contributed by atoms with Gasteiger partial charge in [0, 0.05) is 5.38 Å². The van der Waals surface area contributed by atoms with Crippen molar-refractivity contribution in [2.45, 2.75) is 25.0 Å². The normalized spacial score (nSPS) is 11.6. The SMILES string of the molecule is COc1ccc(CO)cc1S(=O)(=O)NCc1csc(C)n1. The van der Waals surface area contributed by atoms with Gasteiger partial charge in [-0.3, -0.25) is 0 Å². The molecule has 0 bridgehead atoms. The summed E-state index contributed by atoms with van der Waals surface area (Å²) >= 11 is 1.46. The monoisotopic (exact) mass is 328 g/mol. The van der Waals surface area contributed by atoms with Crippen LogP contribution in [0, 0.1) is 6.92 Å². The van der Waals surface area contributed by atoms with Crippen molar-refractivity contribution in [2.75, 3.05) is 7.11 Å². The molecule has 1 aromatic heterocycles. The Balaban J connectivity index is 2.26. The number of rotatable bonds is 6. The summed E-state index contributed by atoms with van der Waals surface area (Å²) in [7, 11) is -2.35. The number of nitrogens with zero attached hydrogens (tertiary/aromatic N) is 1. The molecule has 1 heterocycles. The summed E-state index contributed by atoms with van der Waals surface area (Å²) in [5, 5.41) is 11.8. The van der Waals surface area contributed by atoms with Crippen molar-refractivity contribution in [3.05, 3.63) is 39.8 Å². The molecule has 0 aliphatic carbocycles. The number of aliphatic hydroxyl groups excluding tert-OH is 1.